The molecule has 3 heterocycles. The molecule has 2 aliphatic rings. The van der Waals surface area contributed by atoms with E-state index in [1.807, 2.05) is 41.8 Å². The lowest BCUT2D eigenvalue weighted by Crippen LogP contribution is -2.51. The van der Waals surface area contributed by atoms with Crippen LogP contribution in [0.2, 0.25) is 5.02 Å². The third kappa shape index (κ3) is 2.50. The average molecular weight is 377 g/mol. The number of amides is 2. The summed E-state index contributed by atoms with van der Waals surface area (Å²) in [5, 5.41) is 20.3. The standard InChI is InChI=1S/C19H25ClN4O2/c1-11(2)22-18(26)23-6-4-13(5-7-23)19(3)17(25)15-9-14(20)8-12-10-21-24(19)16(12)15/h8-11,13,17,25H,4-7H2,1-3H3,(H,22,26)/t17-,19?/m0/s1. The number of halogens is 1. The quantitative estimate of drug-likeness (QED) is 0.844. The van der Waals surface area contributed by atoms with Gasteiger partial charge in [-0.15, -0.1) is 0 Å². The molecule has 140 valence electrons. The molecule has 1 unspecified atom stereocenters. The van der Waals surface area contributed by atoms with Crippen LogP contribution in [0.1, 0.15) is 45.3 Å². The van der Waals surface area contributed by atoms with Crippen LogP contribution in [0.15, 0.2) is 18.3 Å². The van der Waals surface area contributed by atoms with E-state index >= 15 is 0 Å². The first-order chi connectivity index (χ1) is 12.3. The van der Waals surface area contributed by atoms with Gasteiger partial charge in [-0.3, -0.25) is 4.68 Å². The van der Waals surface area contributed by atoms with E-state index in [1.54, 1.807) is 0 Å². The van der Waals surface area contributed by atoms with Crippen molar-refractivity contribution in [2.24, 2.45) is 5.92 Å². The van der Waals surface area contributed by atoms with Gasteiger partial charge in [0.2, 0.25) is 0 Å². The van der Waals surface area contributed by atoms with Gasteiger partial charge in [0.15, 0.2) is 0 Å². The summed E-state index contributed by atoms with van der Waals surface area (Å²) in [6.45, 7) is 7.38. The summed E-state index contributed by atoms with van der Waals surface area (Å²) in [5.74, 6) is 0.231. The van der Waals surface area contributed by atoms with Gasteiger partial charge in [0.1, 0.15) is 6.10 Å². The number of rotatable bonds is 2. The van der Waals surface area contributed by atoms with Crippen LogP contribution in [-0.4, -0.2) is 44.9 Å². The fourth-order valence-corrected chi connectivity index (χ4v) is 4.80. The number of carbonyl (C=O) groups excluding carboxylic acids is 1. The van der Waals surface area contributed by atoms with Crippen LogP contribution in [-0.2, 0) is 5.54 Å². The molecular weight excluding hydrogens is 352 g/mol. The second-order valence-corrected chi connectivity index (χ2v) is 8.42. The van der Waals surface area contributed by atoms with Crippen LogP contribution < -0.4 is 5.32 Å². The van der Waals surface area contributed by atoms with Gasteiger partial charge in [-0.1, -0.05) is 11.6 Å². The topological polar surface area (TPSA) is 70.4 Å². The number of likely N-dealkylation sites (tertiary alicyclic amines) is 1. The zero-order valence-electron chi connectivity index (χ0n) is 15.4. The van der Waals surface area contributed by atoms with E-state index in [9.17, 15) is 9.90 Å². The maximum atomic E-state index is 12.2. The lowest BCUT2D eigenvalue weighted by molar-refractivity contribution is -0.0117. The molecule has 0 aliphatic carbocycles. The lowest BCUT2D eigenvalue weighted by Gasteiger charge is -2.43. The number of hydrogen-bond donors (Lipinski definition) is 2. The first kappa shape index (κ1) is 17.6. The molecule has 2 atom stereocenters. The maximum Gasteiger partial charge on any atom is 0.317 e. The molecule has 26 heavy (non-hydrogen) atoms. The third-order valence-corrected chi connectivity index (χ3v) is 6.20. The highest BCUT2D eigenvalue weighted by Crippen LogP contribution is 2.51. The van der Waals surface area contributed by atoms with Crippen molar-refractivity contribution >= 4 is 28.5 Å². The predicted molar refractivity (Wildman–Crippen MR) is 101 cm³/mol. The molecule has 2 aliphatic heterocycles. The Morgan fingerprint density at radius 3 is 2.73 bits per heavy atom. The summed E-state index contributed by atoms with van der Waals surface area (Å²) >= 11 is 6.22. The number of carbonyl (C=O) groups is 1. The first-order valence-corrected chi connectivity index (χ1v) is 9.61. The van der Waals surface area contributed by atoms with Gasteiger partial charge in [-0.2, -0.15) is 5.10 Å². The van der Waals surface area contributed by atoms with E-state index in [0.717, 1.165) is 29.3 Å². The molecule has 1 aromatic carbocycles. The molecule has 0 saturated carbocycles. The van der Waals surface area contributed by atoms with Gasteiger partial charge in [0.25, 0.3) is 0 Å². The number of aromatic nitrogens is 2. The van der Waals surface area contributed by atoms with Crippen molar-refractivity contribution in [2.45, 2.75) is 51.3 Å². The summed E-state index contributed by atoms with van der Waals surface area (Å²) in [5.41, 5.74) is 1.31. The smallest absolute Gasteiger partial charge is 0.317 e. The number of aliphatic hydroxyl groups is 1. The number of piperidine rings is 1. The molecule has 1 fully saturated rings. The van der Waals surface area contributed by atoms with Gasteiger partial charge in [0.05, 0.1) is 17.3 Å². The van der Waals surface area contributed by atoms with E-state index in [4.69, 9.17) is 11.6 Å². The highest BCUT2D eigenvalue weighted by molar-refractivity contribution is 6.31. The predicted octanol–water partition coefficient (Wildman–Crippen LogP) is 3.28. The highest BCUT2D eigenvalue weighted by atomic mass is 35.5. The number of aliphatic hydroxyl groups excluding tert-OH is 1. The van der Waals surface area contributed by atoms with Crippen molar-refractivity contribution in [1.29, 1.82) is 0 Å². The Morgan fingerprint density at radius 2 is 2.08 bits per heavy atom. The van der Waals surface area contributed by atoms with Crippen molar-refractivity contribution in [3.05, 3.63) is 28.9 Å². The Labute approximate surface area is 158 Å². The van der Waals surface area contributed by atoms with Crippen molar-refractivity contribution in [1.82, 2.24) is 20.0 Å². The van der Waals surface area contributed by atoms with Crippen LogP contribution in [0.25, 0.3) is 10.9 Å². The third-order valence-electron chi connectivity index (χ3n) is 5.98. The fourth-order valence-electron chi connectivity index (χ4n) is 4.57. The van der Waals surface area contributed by atoms with Crippen LogP contribution in [0.4, 0.5) is 4.79 Å². The lowest BCUT2D eigenvalue weighted by atomic mass is 9.75. The largest absolute Gasteiger partial charge is 0.386 e. The molecule has 6 nitrogen and oxygen atoms in total. The SMILES string of the molecule is CC(C)NC(=O)N1CCC(C2(C)[C@@H](O)c3cc(Cl)cc4cnn2c34)CC1. The average Bonchev–Trinajstić information content (AvgIpc) is 3.11. The molecule has 0 bridgehead atoms. The highest BCUT2D eigenvalue weighted by Gasteiger charge is 2.50. The second kappa shape index (κ2) is 6.13. The molecule has 2 N–H and O–H groups in total. The van der Waals surface area contributed by atoms with Gasteiger partial charge in [0, 0.05) is 35.1 Å². The summed E-state index contributed by atoms with van der Waals surface area (Å²) in [6.07, 6.45) is 2.85. The van der Waals surface area contributed by atoms with Crippen LogP contribution in [0.3, 0.4) is 0 Å². The maximum absolute atomic E-state index is 12.2. The minimum Gasteiger partial charge on any atom is -0.386 e. The molecule has 0 radical (unpaired) electrons. The minimum absolute atomic E-state index is 0.00730. The number of benzene rings is 1. The number of urea groups is 1. The minimum atomic E-state index is -0.645. The molecule has 7 heteroatoms. The molecule has 2 amide bonds. The van der Waals surface area contributed by atoms with Crippen molar-refractivity contribution in [2.75, 3.05) is 13.1 Å². The first-order valence-electron chi connectivity index (χ1n) is 9.23. The Bertz CT molecular complexity index is 857. The summed E-state index contributed by atoms with van der Waals surface area (Å²) in [6, 6.07) is 3.86. The van der Waals surface area contributed by atoms with Crippen LogP contribution in [0.5, 0.6) is 0 Å². The van der Waals surface area contributed by atoms with Gasteiger partial charge in [-0.25, -0.2) is 4.79 Å². The fraction of sp³-hybridized carbons (Fsp3) is 0.579. The van der Waals surface area contributed by atoms with Crippen LogP contribution >= 0.6 is 11.6 Å². The summed E-state index contributed by atoms with van der Waals surface area (Å²) in [4.78, 5) is 14.1. The molecule has 2 aromatic rings. The van der Waals surface area contributed by atoms with E-state index in [2.05, 4.69) is 17.3 Å². The zero-order chi connectivity index (χ0) is 18.6. The van der Waals surface area contributed by atoms with Crippen LogP contribution in [0, 0.1) is 5.92 Å². The van der Waals surface area contributed by atoms with Crippen molar-refractivity contribution in [3.63, 3.8) is 0 Å². The van der Waals surface area contributed by atoms with E-state index in [0.29, 0.717) is 18.1 Å². The molecule has 1 saturated heterocycles. The Balaban J connectivity index is 1.58. The van der Waals surface area contributed by atoms with Gasteiger partial charge >= 0.3 is 6.03 Å². The number of nitrogens with one attached hydrogen (secondary N) is 1. The Kier molecular flexibility index (Phi) is 4.15. The van der Waals surface area contributed by atoms with Gasteiger partial charge in [-0.05, 0) is 51.7 Å². The normalized spacial score (nSPS) is 26.1. The molecule has 4 rings (SSSR count). The Hall–Kier alpha value is -1.79. The zero-order valence-corrected chi connectivity index (χ0v) is 16.1. The van der Waals surface area contributed by atoms with E-state index in [1.165, 1.54) is 0 Å². The Morgan fingerprint density at radius 1 is 1.38 bits per heavy atom. The second-order valence-electron chi connectivity index (χ2n) is 7.98. The summed E-state index contributed by atoms with van der Waals surface area (Å²) in [7, 11) is 0. The molecule has 1 aromatic heterocycles. The molecule has 0 spiro atoms. The van der Waals surface area contributed by atoms with Gasteiger partial charge < -0.3 is 15.3 Å². The molecular formula is C19H25ClN4O2. The summed E-state index contributed by atoms with van der Waals surface area (Å²) < 4.78 is 1.98. The van der Waals surface area contributed by atoms with E-state index in [-0.39, 0.29) is 18.0 Å². The number of hydrogen-bond acceptors (Lipinski definition) is 3. The van der Waals surface area contributed by atoms with Crippen molar-refractivity contribution in [3.8, 4) is 0 Å². The van der Waals surface area contributed by atoms with E-state index < -0.39 is 11.6 Å². The van der Waals surface area contributed by atoms with Crippen molar-refractivity contribution < 1.29 is 9.90 Å². The monoisotopic (exact) mass is 376 g/mol. The number of nitrogens with zero attached hydrogens (tertiary/aromatic N) is 3.